The van der Waals surface area contributed by atoms with Crippen molar-refractivity contribution in [3.05, 3.63) is 77.5 Å². The highest BCUT2D eigenvalue weighted by molar-refractivity contribution is 7.21. The molecule has 0 saturated carbocycles. The molecule has 0 unspecified atom stereocenters. The van der Waals surface area contributed by atoms with Crippen molar-refractivity contribution >= 4 is 39.2 Å². The van der Waals surface area contributed by atoms with Crippen LogP contribution in [-0.4, -0.2) is 21.8 Å². The molecule has 0 bridgehead atoms. The van der Waals surface area contributed by atoms with Crippen molar-refractivity contribution in [2.45, 2.75) is 6.92 Å². The minimum Gasteiger partial charge on any atom is -0.268 e. The van der Waals surface area contributed by atoms with Gasteiger partial charge < -0.3 is 0 Å². The number of hydrogen-bond acceptors (Lipinski definition) is 5. The van der Waals surface area contributed by atoms with Crippen LogP contribution in [-0.2, 0) is 0 Å². The normalized spacial score (nSPS) is 13.4. The minimum absolute atomic E-state index is 0.282. The first kappa shape index (κ1) is 15.8. The lowest BCUT2D eigenvalue weighted by Crippen LogP contribution is -2.30. The summed E-state index contributed by atoms with van der Waals surface area (Å²) in [6.07, 6.45) is 1.75. The van der Waals surface area contributed by atoms with Crippen molar-refractivity contribution in [1.82, 2.24) is 9.97 Å². The molecule has 5 nitrogen and oxygen atoms in total. The molecule has 2 aromatic heterocycles. The molecular formula is C21H13N3O2S. The molecule has 3 heterocycles. The van der Waals surface area contributed by atoms with E-state index in [9.17, 15) is 9.59 Å². The van der Waals surface area contributed by atoms with Crippen LogP contribution in [0.5, 0.6) is 0 Å². The van der Waals surface area contributed by atoms with Gasteiger partial charge in [0.15, 0.2) is 0 Å². The average molecular weight is 371 g/mol. The summed E-state index contributed by atoms with van der Waals surface area (Å²) < 4.78 is 0. The summed E-state index contributed by atoms with van der Waals surface area (Å²) in [7, 11) is 0. The number of anilines is 1. The monoisotopic (exact) mass is 371 g/mol. The fourth-order valence-electron chi connectivity index (χ4n) is 3.34. The molecule has 2 aromatic carbocycles. The first-order valence-electron chi connectivity index (χ1n) is 8.44. The molecule has 27 heavy (non-hydrogen) atoms. The third kappa shape index (κ3) is 2.38. The number of fused-ring (bicyclic) bond motifs is 2. The van der Waals surface area contributed by atoms with Gasteiger partial charge in [0.2, 0.25) is 0 Å². The number of imide groups is 1. The number of aryl methyl sites for hydroxylation is 1. The molecule has 6 heteroatoms. The SMILES string of the molecule is Cc1cc(-c2nc3cccnc3s2)ccc1N1C(=O)c2ccccc2C1=O. The highest BCUT2D eigenvalue weighted by Gasteiger charge is 2.36. The van der Waals surface area contributed by atoms with Gasteiger partial charge in [-0.15, -0.1) is 0 Å². The van der Waals surface area contributed by atoms with Crippen LogP contribution < -0.4 is 4.90 Å². The molecule has 0 fully saturated rings. The lowest BCUT2D eigenvalue weighted by Gasteiger charge is -2.17. The summed E-state index contributed by atoms with van der Waals surface area (Å²) in [6, 6.07) is 16.4. The Labute approximate surface area is 158 Å². The molecule has 0 aliphatic carbocycles. The van der Waals surface area contributed by atoms with Crippen LogP contribution in [0.4, 0.5) is 5.69 Å². The van der Waals surface area contributed by atoms with Gasteiger partial charge in [-0.2, -0.15) is 0 Å². The maximum atomic E-state index is 12.7. The Morgan fingerprint density at radius 2 is 1.67 bits per heavy atom. The molecule has 2 amide bonds. The van der Waals surface area contributed by atoms with Crippen LogP contribution in [0.3, 0.4) is 0 Å². The Morgan fingerprint density at radius 3 is 2.33 bits per heavy atom. The zero-order valence-corrected chi connectivity index (χ0v) is 15.2. The molecule has 1 aliphatic rings. The molecule has 0 atom stereocenters. The number of carbonyl (C=O) groups excluding carboxylic acids is 2. The van der Waals surface area contributed by atoms with E-state index < -0.39 is 0 Å². The smallest absolute Gasteiger partial charge is 0.266 e. The first-order valence-corrected chi connectivity index (χ1v) is 9.25. The molecule has 130 valence electrons. The van der Waals surface area contributed by atoms with Gasteiger partial charge in [0.05, 0.1) is 16.8 Å². The van der Waals surface area contributed by atoms with Gasteiger partial charge in [0.1, 0.15) is 15.4 Å². The molecule has 0 saturated heterocycles. The number of rotatable bonds is 2. The fourth-order valence-corrected chi connectivity index (χ4v) is 4.24. The molecule has 4 aromatic rings. The number of nitrogens with zero attached hydrogens (tertiary/aromatic N) is 3. The van der Waals surface area contributed by atoms with E-state index in [1.807, 2.05) is 37.3 Å². The fraction of sp³-hybridized carbons (Fsp3) is 0.0476. The maximum Gasteiger partial charge on any atom is 0.266 e. The summed E-state index contributed by atoms with van der Waals surface area (Å²) in [6.45, 7) is 1.90. The van der Waals surface area contributed by atoms with Crippen molar-refractivity contribution in [3.63, 3.8) is 0 Å². The van der Waals surface area contributed by atoms with Gasteiger partial charge in [-0.1, -0.05) is 23.5 Å². The van der Waals surface area contributed by atoms with Gasteiger partial charge in [0.25, 0.3) is 11.8 Å². The van der Waals surface area contributed by atoms with Crippen LogP contribution in [0.2, 0.25) is 0 Å². The van der Waals surface area contributed by atoms with Crippen LogP contribution in [0.1, 0.15) is 26.3 Å². The summed E-state index contributed by atoms with van der Waals surface area (Å²) in [5, 5.41) is 0.862. The summed E-state index contributed by atoms with van der Waals surface area (Å²) in [4.78, 5) is 36.5. The molecule has 0 N–H and O–H groups in total. The van der Waals surface area contributed by atoms with E-state index >= 15 is 0 Å². The quantitative estimate of drug-likeness (QED) is 0.488. The lowest BCUT2D eigenvalue weighted by molar-refractivity contribution is 0.0926. The van der Waals surface area contributed by atoms with Gasteiger partial charge in [-0.25, -0.2) is 14.9 Å². The second kappa shape index (κ2) is 5.82. The maximum absolute atomic E-state index is 12.7. The standard InChI is InChI=1S/C21H13N3O2S/c1-12-11-13(18-23-16-7-4-10-22-19(16)27-18)8-9-17(12)24-20(25)14-5-2-3-6-15(14)21(24)26/h2-11H,1H3. The van der Waals surface area contributed by atoms with Crippen molar-refractivity contribution < 1.29 is 9.59 Å². The van der Waals surface area contributed by atoms with Crippen molar-refractivity contribution in [2.75, 3.05) is 4.90 Å². The third-order valence-electron chi connectivity index (χ3n) is 4.65. The number of pyridine rings is 1. The summed E-state index contributed by atoms with van der Waals surface area (Å²) in [5.74, 6) is -0.564. The Kier molecular flexibility index (Phi) is 3.42. The number of amides is 2. The van der Waals surface area contributed by atoms with Gasteiger partial charge in [-0.3, -0.25) is 9.59 Å². The van der Waals surface area contributed by atoms with E-state index in [1.165, 1.54) is 16.2 Å². The molecule has 0 radical (unpaired) electrons. The summed E-state index contributed by atoms with van der Waals surface area (Å²) in [5.41, 5.74) is 4.14. The summed E-state index contributed by atoms with van der Waals surface area (Å²) >= 11 is 1.52. The highest BCUT2D eigenvalue weighted by atomic mass is 32.1. The van der Waals surface area contributed by atoms with Crippen LogP contribution in [0.25, 0.3) is 20.9 Å². The van der Waals surface area contributed by atoms with Gasteiger partial charge in [-0.05, 0) is 55.0 Å². The topological polar surface area (TPSA) is 63.2 Å². The number of aromatic nitrogens is 2. The van der Waals surface area contributed by atoms with Crippen LogP contribution in [0.15, 0.2) is 60.8 Å². The highest BCUT2D eigenvalue weighted by Crippen LogP contribution is 2.35. The van der Waals surface area contributed by atoms with Crippen molar-refractivity contribution in [2.24, 2.45) is 0 Å². The second-order valence-corrected chi connectivity index (χ2v) is 7.32. The minimum atomic E-state index is -0.282. The van der Waals surface area contributed by atoms with E-state index in [4.69, 9.17) is 0 Å². The average Bonchev–Trinajstić information content (AvgIpc) is 3.22. The number of carbonyl (C=O) groups is 2. The van der Waals surface area contributed by atoms with Gasteiger partial charge >= 0.3 is 0 Å². The van der Waals surface area contributed by atoms with E-state index in [2.05, 4.69) is 9.97 Å². The predicted octanol–water partition coefficient (Wildman–Crippen LogP) is 4.47. The Bertz CT molecular complexity index is 1180. The van der Waals surface area contributed by atoms with Crippen LogP contribution in [0, 0.1) is 6.92 Å². The number of benzene rings is 2. The lowest BCUT2D eigenvalue weighted by atomic mass is 10.1. The largest absolute Gasteiger partial charge is 0.268 e. The third-order valence-corrected chi connectivity index (χ3v) is 5.67. The second-order valence-electron chi connectivity index (χ2n) is 6.34. The van der Waals surface area contributed by atoms with Crippen LogP contribution >= 0.6 is 11.3 Å². The molecule has 1 aliphatic heterocycles. The zero-order chi connectivity index (χ0) is 18.5. The van der Waals surface area contributed by atoms with E-state index in [1.54, 1.807) is 30.5 Å². The van der Waals surface area contributed by atoms with Gasteiger partial charge in [0, 0.05) is 11.8 Å². The van der Waals surface area contributed by atoms with E-state index in [-0.39, 0.29) is 11.8 Å². The van der Waals surface area contributed by atoms with E-state index in [0.29, 0.717) is 16.8 Å². The van der Waals surface area contributed by atoms with Crippen molar-refractivity contribution in [3.8, 4) is 10.6 Å². The Morgan fingerprint density at radius 1 is 0.926 bits per heavy atom. The number of hydrogen-bond donors (Lipinski definition) is 0. The van der Waals surface area contributed by atoms with E-state index in [0.717, 1.165) is 26.5 Å². The predicted molar refractivity (Wildman–Crippen MR) is 105 cm³/mol. The number of thiazole rings is 1. The Hall–Kier alpha value is -3.38. The molecule has 0 spiro atoms. The van der Waals surface area contributed by atoms with Crippen molar-refractivity contribution in [1.29, 1.82) is 0 Å². The molecular weight excluding hydrogens is 358 g/mol. The molecule has 5 rings (SSSR count). The first-order chi connectivity index (χ1) is 13.1. The Balaban J connectivity index is 1.56. The zero-order valence-electron chi connectivity index (χ0n) is 14.3.